The van der Waals surface area contributed by atoms with Crippen molar-refractivity contribution in [2.45, 2.75) is 32.1 Å². The summed E-state index contributed by atoms with van der Waals surface area (Å²) < 4.78 is 0. The molecular weight excluding hydrogens is 188 g/mol. The first-order chi connectivity index (χ1) is 5.56. The lowest BCUT2D eigenvalue weighted by Gasteiger charge is -2.21. The van der Waals surface area contributed by atoms with Crippen LogP contribution in [0, 0.1) is 0 Å². The molecule has 0 N–H and O–H groups in total. The van der Waals surface area contributed by atoms with Crippen molar-refractivity contribution in [3.8, 4) is 0 Å². The molecule has 0 bridgehead atoms. The highest BCUT2D eigenvalue weighted by Crippen LogP contribution is 2.45. The molecule has 2 heteroatoms. The summed E-state index contributed by atoms with van der Waals surface area (Å²) in [4.78, 5) is 0. The Morgan fingerprint density at radius 3 is 2.25 bits per heavy atom. The molecule has 0 aromatic carbocycles. The van der Waals surface area contributed by atoms with E-state index in [9.17, 15) is 0 Å². The predicted octanol–water partition coefficient (Wildman–Crippen LogP) is 4.34. The van der Waals surface area contributed by atoms with Gasteiger partial charge < -0.3 is 0 Å². The molecule has 0 radical (unpaired) electrons. The smallest absolute Gasteiger partial charge is 0.0106 e. The highest BCUT2D eigenvalue weighted by molar-refractivity contribution is 8.50. The van der Waals surface area contributed by atoms with Gasteiger partial charge in [-0.15, -0.1) is 6.58 Å². The van der Waals surface area contributed by atoms with Gasteiger partial charge in [0.25, 0.3) is 0 Å². The molecule has 0 amide bonds. The van der Waals surface area contributed by atoms with E-state index in [1.807, 2.05) is 6.08 Å². The zero-order valence-electron chi connectivity index (χ0n) is 8.31. The summed E-state index contributed by atoms with van der Waals surface area (Å²) in [5, 5.41) is 0. The summed E-state index contributed by atoms with van der Waals surface area (Å²) in [5.74, 6) is 1.21. The third kappa shape index (κ3) is 10.4. The lowest BCUT2D eigenvalue weighted by Crippen LogP contribution is -1.93. The SMILES string of the molecule is C=CCCCCCCS(C)(C)Cl. The van der Waals surface area contributed by atoms with Gasteiger partial charge in [-0.1, -0.05) is 29.6 Å². The lowest BCUT2D eigenvalue weighted by atomic mass is 10.2. The van der Waals surface area contributed by atoms with Gasteiger partial charge in [-0.05, 0) is 37.5 Å². The minimum Gasteiger partial charge on any atom is -0.169 e. The van der Waals surface area contributed by atoms with Gasteiger partial charge in [-0.2, -0.15) is 9.24 Å². The van der Waals surface area contributed by atoms with Crippen molar-refractivity contribution in [3.63, 3.8) is 0 Å². The van der Waals surface area contributed by atoms with E-state index in [0.29, 0.717) is 0 Å². The van der Waals surface area contributed by atoms with E-state index in [4.69, 9.17) is 10.7 Å². The molecule has 0 aliphatic carbocycles. The van der Waals surface area contributed by atoms with E-state index in [0.717, 1.165) is 6.42 Å². The highest BCUT2D eigenvalue weighted by Gasteiger charge is 2.04. The van der Waals surface area contributed by atoms with Crippen LogP contribution < -0.4 is 0 Å². The fourth-order valence-electron chi connectivity index (χ4n) is 1.09. The maximum atomic E-state index is 6.14. The molecule has 0 heterocycles. The minimum absolute atomic E-state index is 0.765. The summed E-state index contributed by atoms with van der Waals surface area (Å²) in [6, 6.07) is 0. The van der Waals surface area contributed by atoms with Crippen molar-refractivity contribution in [2.24, 2.45) is 0 Å². The van der Waals surface area contributed by atoms with Crippen LogP contribution in [0.15, 0.2) is 12.7 Å². The second kappa shape index (κ2) is 6.85. The van der Waals surface area contributed by atoms with Crippen LogP contribution in [0.5, 0.6) is 0 Å². The molecule has 74 valence electrons. The van der Waals surface area contributed by atoms with Crippen LogP contribution in [-0.4, -0.2) is 18.3 Å². The average molecular weight is 209 g/mol. The summed E-state index contributed by atoms with van der Waals surface area (Å²) >= 11 is 0. The first-order valence-corrected chi connectivity index (χ1v) is 8.02. The number of allylic oxidation sites excluding steroid dienone is 1. The number of hydrogen-bond donors (Lipinski definition) is 0. The highest BCUT2D eigenvalue weighted by atomic mass is 35.7. The van der Waals surface area contributed by atoms with Gasteiger partial charge in [-0.3, -0.25) is 0 Å². The summed E-state index contributed by atoms with van der Waals surface area (Å²) in [6.07, 6.45) is 12.7. The Balaban J connectivity index is 3.06. The molecule has 0 fully saturated rings. The molecule has 0 aliphatic heterocycles. The first-order valence-electron chi connectivity index (χ1n) is 4.58. The quantitative estimate of drug-likeness (QED) is 0.431. The Kier molecular flexibility index (Phi) is 7.07. The van der Waals surface area contributed by atoms with Gasteiger partial charge in [0, 0.05) is 0 Å². The number of halogens is 1. The summed E-state index contributed by atoms with van der Waals surface area (Å²) in [5.41, 5.74) is 0. The average Bonchev–Trinajstić information content (AvgIpc) is 1.94. The standard InChI is InChI=1S/C10H21ClS/c1-4-5-6-7-8-9-10-12(2,3)11/h4H,1,5-10H2,2-3H3. The molecule has 0 spiro atoms. The maximum absolute atomic E-state index is 6.14. The van der Waals surface area contributed by atoms with Crippen molar-refractivity contribution in [1.82, 2.24) is 0 Å². The predicted molar refractivity (Wildman–Crippen MR) is 63.4 cm³/mol. The molecule has 0 aromatic rings. The van der Waals surface area contributed by atoms with Crippen LogP contribution in [0.4, 0.5) is 0 Å². The van der Waals surface area contributed by atoms with Crippen LogP contribution in [-0.2, 0) is 0 Å². The van der Waals surface area contributed by atoms with Gasteiger partial charge in [0.2, 0.25) is 0 Å². The van der Waals surface area contributed by atoms with Gasteiger partial charge in [0.15, 0.2) is 0 Å². The van der Waals surface area contributed by atoms with E-state index >= 15 is 0 Å². The largest absolute Gasteiger partial charge is 0.169 e. The molecule has 0 rings (SSSR count). The van der Waals surface area contributed by atoms with Gasteiger partial charge in [-0.25, -0.2) is 0 Å². The molecule has 12 heavy (non-hydrogen) atoms. The van der Waals surface area contributed by atoms with Crippen LogP contribution >= 0.6 is 19.9 Å². The Morgan fingerprint density at radius 2 is 1.75 bits per heavy atom. The Bertz CT molecular complexity index is 115. The van der Waals surface area contributed by atoms with E-state index in [-0.39, 0.29) is 0 Å². The first kappa shape index (κ1) is 12.4. The topological polar surface area (TPSA) is 0 Å². The van der Waals surface area contributed by atoms with E-state index in [2.05, 4.69) is 19.1 Å². The normalized spacial score (nSPS) is 12.9. The Morgan fingerprint density at radius 1 is 1.17 bits per heavy atom. The van der Waals surface area contributed by atoms with E-state index < -0.39 is 9.24 Å². The summed E-state index contributed by atoms with van der Waals surface area (Å²) in [6.45, 7) is 3.70. The summed E-state index contributed by atoms with van der Waals surface area (Å²) in [7, 11) is 5.38. The molecule has 0 aliphatic rings. The van der Waals surface area contributed by atoms with Gasteiger partial charge in [0.1, 0.15) is 0 Å². The molecule has 0 saturated heterocycles. The second-order valence-electron chi connectivity index (χ2n) is 3.60. The van der Waals surface area contributed by atoms with Crippen molar-refractivity contribution < 1.29 is 0 Å². The van der Waals surface area contributed by atoms with E-state index in [1.54, 1.807) is 0 Å². The minimum atomic E-state index is -0.765. The number of unbranched alkanes of at least 4 members (excludes halogenated alkanes) is 4. The zero-order valence-corrected chi connectivity index (χ0v) is 9.89. The zero-order chi connectivity index (χ0) is 9.45. The molecule has 0 unspecified atom stereocenters. The second-order valence-corrected chi connectivity index (χ2v) is 9.32. The Hall–Kier alpha value is 0.380. The Labute approximate surface area is 83.2 Å². The fourth-order valence-corrected chi connectivity index (χ4v) is 2.31. The molecular formula is C10H21ClS. The van der Waals surface area contributed by atoms with Crippen molar-refractivity contribution in [1.29, 1.82) is 0 Å². The van der Waals surface area contributed by atoms with Crippen LogP contribution in [0.1, 0.15) is 32.1 Å². The van der Waals surface area contributed by atoms with E-state index in [1.165, 1.54) is 31.4 Å². The van der Waals surface area contributed by atoms with Gasteiger partial charge >= 0.3 is 0 Å². The number of rotatable bonds is 7. The lowest BCUT2D eigenvalue weighted by molar-refractivity contribution is 0.678. The van der Waals surface area contributed by atoms with Crippen molar-refractivity contribution in [2.75, 3.05) is 18.3 Å². The van der Waals surface area contributed by atoms with Crippen LogP contribution in [0.25, 0.3) is 0 Å². The molecule has 0 nitrogen and oxygen atoms in total. The third-order valence-electron chi connectivity index (χ3n) is 1.79. The van der Waals surface area contributed by atoms with Crippen LogP contribution in [0.3, 0.4) is 0 Å². The van der Waals surface area contributed by atoms with Gasteiger partial charge in [0.05, 0.1) is 0 Å². The fraction of sp³-hybridized carbons (Fsp3) is 0.800. The molecule has 0 atom stereocenters. The van der Waals surface area contributed by atoms with Crippen LogP contribution in [0.2, 0.25) is 0 Å². The molecule has 0 aromatic heterocycles. The van der Waals surface area contributed by atoms with Crippen molar-refractivity contribution in [3.05, 3.63) is 12.7 Å². The van der Waals surface area contributed by atoms with Crippen molar-refractivity contribution >= 4 is 19.9 Å². The molecule has 0 saturated carbocycles. The monoisotopic (exact) mass is 208 g/mol. The maximum Gasteiger partial charge on any atom is -0.0106 e. The number of hydrogen-bond acceptors (Lipinski definition) is 0. The third-order valence-corrected chi connectivity index (χ3v) is 3.51.